The van der Waals surface area contributed by atoms with Gasteiger partial charge in [-0.1, -0.05) is 25.7 Å². The lowest BCUT2D eigenvalue weighted by molar-refractivity contribution is 0.171. The van der Waals surface area contributed by atoms with Crippen molar-refractivity contribution < 1.29 is 17.9 Å². The molecule has 1 aromatic rings. The van der Waals surface area contributed by atoms with Gasteiger partial charge in [0.05, 0.1) is 4.90 Å². The monoisotopic (exact) mass is 376 g/mol. The molecule has 1 aromatic carbocycles. The van der Waals surface area contributed by atoms with Crippen molar-refractivity contribution in [1.82, 2.24) is 4.72 Å². The van der Waals surface area contributed by atoms with Crippen molar-refractivity contribution in [2.75, 3.05) is 19.8 Å². The smallest absolute Gasteiger partial charge is 0.240 e. The van der Waals surface area contributed by atoms with Gasteiger partial charge in [0.1, 0.15) is 13.2 Å². The molecule has 1 aliphatic carbocycles. The maximum Gasteiger partial charge on any atom is 0.240 e. The van der Waals surface area contributed by atoms with E-state index in [1.165, 1.54) is 25.0 Å². The van der Waals surface area contributed by atoms with Gasteiger partial charge in [-0.3, -0.25) is 0 Å². The van der Waals surface area contributed by atoms with Crippen molar-refractivity contribution in [3.8, 4) is 11.5 Å². The molecular weight excluding hydrogens is 352 g/mol. The number of benzene rings is 1. The maximum atomic E-state index is 12.5. The minimum atomic E-state index is -3.61. The summed E-state index contributed by atoms with van der Waals surface area (Å²) >= 11 is 0. The zero-order chi connectivity index (χ0) is 16.3. The van der Waals surface area contributed by atoms with Crippen molar-refractivity contribution in [2.24, 2.45) is 5.73 Å². The molecule has 0 aromatic heterocycles. The van der Waals surface area contributed by atoms with Gasteiger partial charge in [0.25, 0.3) is 0 Å². The van der Waals surface area contributed by atoms with E-state index in [9.17, 15) is 8.42 Å². The number of halogens is 1. The Morgan fingerprint density at radius 2 is 1.67 bits per heavy atom. The number of hydrogen-bond donors (Lipinski definition) is 2. The quantitative estimate of drug-likeness (QED) is 0.786. The molecule has 0 unspecified atom stereocenters. The third-order valence-corrected chi connectivity index (χ3v) is 5.94. The fraction of sp³-hybridized carbons (Fsp3) is 0.625. The molecule has 1 heterocycles. The predicted molar refractivity (Wildman–Crippen MR) is 94.5 cm³/mol. The molecule has 0 bridgehead atoms. The molecule has 0 spiro atoms. The molecule has 1 fully saturated rings. The van der Waals surface area contributed by atoms with Crippen LogP contribution in [0.4, 0.5) is 0 Å². The minimum absolute atomic E-state index is 0. The van der Waals surface area contributed by atoms with Crippen LogP contribution in [0.1, 0.15) is 38.5 Å². The van der Waals surface area contributed by atoms with Crippen molar-refractivity contribution >= 4 is 22.4 Å². The molecular formula is C16H25ClN2O4S. The van der Waals surface area contributed by atoms with E-state index in [2.05, 4.69) is 4.72 Å². The minimum Gasteiger partial charge on any atom is -0.486 e. The SMILES string of the molecule is Cl.NC1(CNS(=O)(=O)c2ccc3c(c2)OCCO3)CCCCCC1. The lowest BCUT2D eigenvalue weighted by Crippen LogP contribution is -2.49. The predicted octanol–water partition coefficient (Wildman–Crippen LogP) is 2.21. The van der Waals surface area contributed by atoms with Crippen LogP contribution in [0.5, 0.6) is 11.5 Å². The molecule has 0 amide bonds. The Kier molecular flexibility index (Phi) is 6.36. The zero-order valence-corrected chi connectivity index (χ0v) is 15.3. The summed E-state index contributed by atoms with van der Waals surface area (Å²) in [5, 5.41) is 0. The van der Waals surface area contributed by atoms with Crippen LogP contribution in [0.25, 0.3) is 0 Å². The molecule has 8 heteroatoms. The molecule has 1 aliphatic heterocycles. The van der Waals surface area contributed by atoms with Crippen LogP contribution in [0, 0.1) is 0 Å². The van der Waals surface area contributed by atoms with E-state index in [1.54, 1.807) is 6.07 Å². The summed E-state index contributed by atoms with van der Waals surface area (Å²) in [7, 11) is -3.61. The number of ether oxygens (including phenoxy) is 2. The Balaban J connectivity index is 0.00000208. The maximum absolute atomic E-state index is 12.5. The second-order valence-corrected chi connectivity index (χ2v) is 8.17. The molecule has 0 atom stereocenters. The number of hydrogen-bond acceptors (Lipinski definition) is 5. The Hall–Kier alpha value is -1.02. The molecule has 3 N–H and O–H groups in total. The van der Waals surface area contributed by atoms with E-state index in [0.29, 0.717) is 24.7 Å². The summed E-state index contributed by atoms with van der Waals surface area (Å²) in [6.45, 7) is 1.17. The van der Waals surface area contributed by atoms with E-state index in [-0.39, 0.29) is 23.8 Å². The first kappa shape index (κ1) is 19.3. The molecule has 0 radical (unpaired) electrons. The lowest BCUT2D eigenvalue weighted by atomic mass is 9.92. The average Bonchev–Trinajstić information content (AvgIpc) is 2.78. The first-order valence-corrected chi connectivity index (χ1v) is 9.65. The van der Waals surface area contributed by atoms with Gasteiger partial charge in [0.2, 0.25) is 10.0 Å². The molecule has 1 saturated carbocycles. The molecule has 0 saturated heterocycles. The van der Waals surface area contributed by atoms with Gasteiger partial charge in [-0.05, 0) is 25.0 Å². The summed E-state index contributed by atoms with van der Waals surface area (Å²) in [5.41, 5.74) is 5.94. The van der Waals surface area contributed by atoms with E-state index in [0.717, 1.165) is 25.7 Å². The molecule has 3 rings (SSSR count). The summed E-state index contributed by atoms with van der Waals surface area (Å²) in [6.07, 6.45) is 6.18. The topological polar surface area (TPSA) is 90.7 Å². The van der Waals surface area contributed by atoms with Crippen molar-refractivity contribution in [2.45, 2.75) is 49.0 Å². The molecule has 6 nitrogen and oxygen atoms in total. The molecule has 136 valence electrons. The summed E-state index contributed by atoms with van der Waals surface area (Å²) < 4.78 is 38.6. The summed E-state index contributed by atoms with van der Waals surface area (Å²) in [4.78, 5) is 0.180. The van der Waals surface area contributed by atoms with Crippen LogP contribution >= 0.6 is 12.4 Å². The second kappa shape index (κ2) is 7.91. The number of rotatable bonds is 4. The van der Waals surface area contributed by atoms with Gasteiger partial charge in [0, 0.05) is 18.2 Å². The average molecular weight is 377 g/mol. The number of fused-ring (bicyclic) bond motifs is 1. The van der Waals surface area contributed by atoms with Gasteiger partial charge < -0.3 is 15.2 Å². The first-order chi connectivity index (χ1) is 11.0. The summed E-state index contributed by atoms with van der Waals surface area (Å²) in [6, 6.07) is 4.67. The third-order valence-electron chi connectivity index (χ3n) is 4.54. The normalized spacial score (nSPS) is 19.9. The van der Waals surface area contributed by atoms with Crippen LogP contribution in [0.2, 0.25) is 0 Å². The zero-order valence-electron chi connectivity index (χ0n) is 13.6. The van der Waals surface area contributed by atoms with Gasteiger partial charge in [-0.15, -0.1) is 12.4 Å². The Morgan fingerprint density at radius 1 is 1.04 bits per heavy atom. The lowest BCUT2D eigenvalue weighted by Gasteiger charge is -2.28. The van der Waals surface area contributed by atoms with E-state index in [1.807, 2.05) is 0 Å². The van der Waals surface area contributed by atoms with Crippen molar-refractivity contribution in [3.05, 3.63) is 18.2 Å². The second-order valence-electron chi connectivity index (χ2n) is 6.41. The summed E-state index contributed by atoms with van der Waals surface area (Å²) in [5.74, 6) is 1.05. The van der Waals surface area contributed by atoms with Gasteiger partial charge >= 0.3 is 0 Å². The number of sulfonamides is 1. The number of nitrogens with two attached hydrogens (primary N) is 1. The van der Waals surface area contributed by atoms with Crippen LogP contribution in [-0.4, -0.2) is 33.7 Å². The Bertz CT molecular complexity index is 658. The van der Waals surface area contributed by atoms with E-state index >= 15 is 0 Å². The van der Waals surface area contributed by atoms with Crippen LogP contribution < -0.4 is 19.9 Å². The van der Waals surface area contributed by atoms with Crippen LogP contribution in [0.15, 0.2) is 23.1 Å². The Morgan fingerprint density at radius 3 is 2.33 bits per heavy atom. The van der Waals surface area contributed by atoms with Crippen molar-refractivity contribution in [3.63, 3.8) is 0 Å². The van der Waals surface area contributed by atoms with E-state index in [4.69, 9.17) is 15.2 Å². The fourth-order valence-electron chi connectivity index (χ4n) is 3.12. The molecule has 24 heavy (non-hydrogen) atoms. The standard InChI is InChI=1S/C16H24N2O4S.ClH/c17-16(7-3-1-2-4-8-16)12-18-23(19,20)13-5-6-14-15(11-13)22-10-9-21-14;/h5-6,11,18H,1-4,7-10,12,17H2;1H. The highest BCUT2D eigenvalue weighted by Crippen LogP contribution is 2.32. The van der Waals surface area contributed by atoms with Gasteiger partial charge in [0.15, 0.2) is 11.5 Å². The van der Waals surface area contributed by atoms with Crippen molar-refractivity contribution in [1.29, 1.82) is 0 Å². The highest BCUT2D eigenvalue weighted by molar-refractivity contribution is 7.89. The highest BCUT2D eigenvalue weighted by atomic mass is 35.5. The van der Waals surface area contributed by atoms with Gasteiger partial charge in [-0.2, -0.15) is 0 Å². The Labute approximate surface area is 149 Å². The highest BCUT2D eigenvalue weighted by Gasteiger charge is 2.29. The largest absolute Gasteiger partial charge is 0.486 e. The van der Waals surface area contributed by atoms with E-state index < -0.39 is 15.6 Å². The fourth-order valence-corrected chi connectivity index (χ4v) is 4.28. The first-order valence-electron chi connectivity index (χ1n) is 8.17. The van der Waals surface area contributed by atoms with Crippen LogP contribution in [-0.2, 0) is 10.0 Å². The third kappa shape index (κ3) is 4.53. The molecule has 2 aliphatic rings. The number of nitrogens with one attached hydrogen (secondary N) is 1. The van der Waals surface area contributed by atoms with Gasteiger partial charge in [-0.25, -0.2) is 13.1 Å². The van der Waals surface area contributed by atoms with Crippen LogP contribution in [0.3, 0.4) is 0 Å².